The number of rotatable bonds is 3. The second-order valence-electron chi connectivity index (χ2n) is 4.35. The molecule has 1 amide bonds. The van der Waals surface area contributed by atoms with Gasteiger partial charge in [-0.3, -0.25) is 4.79 Å². The number of aromatic nitrogens is 2. The summed E-state index contributed by atoms with van der Waals surface area (Å²) >= 11 is 12.6. The van der Waals surface area contributed by atoms with Gasteiger partial charge in [-0.2, -0.15) is 0 Å². The fraction of sp³-hybridized carbons (Fsp3) is 0.214. The van der Waals surface area contributed by atoms with Crippen molar-refractivity contribution < 1.29 is 4.79 Å². The molecule has 104 valence electrons. The molecule has 0 bridgehead atoms. The first-order valence-electron chi connectivity index (χ1n) is 6.02. The van der Waals surface area contributed by atoms with Gasteiger partial charge < -0.3 is 5.32 Å². The number of hydrogen-bond donors (Lipinski definition) is 1. The predicted octanol–water partition coefficient (Wildman–Crippen LogP) is 3.65. The standard InChI is InChI=1S/C14H13Cl2N3O/c1-8(19-9(2)20)10-3-4-11(14(16)13(10)15)12-5-6-17-7-18-12/h3-8H,1-2H3,(H,19,20). The summed E-state index contributed by atoms with van der Waals surface area (Å²) in [5.74, 6) is -0.121. The molecular formula is C14H13Cl2N3O. The monoisotopic (exact) mass is 309 g/mol. The van der Waals surface area contributed by atoms with E-state index < -0.39 is 0 Å². The van der Waals surface area contributed by atoms with Crippen LogP contribution in [0.15, 0.2) is 30.7 Å². The highest BCUT2D eigenvalue weighted by Crippen LogP contribution is 2.37. The maximum Gasteiger partial charge on any atom is 0.217 e. The molecule has 1 unspecified atom stereocenters. The molecule has 6 heteroatoms. The van der Waals surface area contributed by atoms with E-state index in [1.54, 1.807) is 12.3 Å². The summed E-state index contributed by atoms with van der Waals surface area (Å²) in [5.41, 5.74) is 2.20. The topological polar surface area (TPSA) is 54.9 Å². The van der Waals surface area contributed by atoms with E-state index in [1.807, 2.05) is 19.1 Å². The number of benzene rings is 1. The number of carbonyl (C=O) groups excluding carboxylic acids is 1. The van der Waals surface area contributed by atoms with Crippen LogP contribution in [-0.2, 0) is 4.79 Å². The molecule has 0 spiro atoms. The maximum atomic E-state index is 11.1. The summed E-state index contributed by atoms with van der Waals surface area (Å²) in [6, 6.07) is 5.22. The van der Waals surface area contributed by atoms with Crippen molar-refractivity contribution in [3.63, 3.8) is 0 Å². The third-order valence-electron chi connectivity index (χ3n) is 2.86. The van der Waals surface area contributed by atoms with Crippen molar-refractivity contribution in [1.82, 2.24) is 15.3 Å². The molecule has 0 aliphatic rings. The quantitative estimate of drug-likeness (QED) is 0.941. The van der Waals surface area contributed by atoms with E-state index in [4.69, 9.17) is 23.2 Å². The normalized spacial score (nSPS) is 12.0. The largest absolute Gasteiger partial charge is 0.350 e. The molecule has 0 saturated heterocycles. The highest BCUT2D eigenvalue weighted by Gasteiger charge is 2.16. The van der Waals surface area contributed by atoms with E-state index in [1.165, 1.54) is 13.3 Å². The van der Waals surface area contributed by atoms with Crippen molar-refractivity contribution in [2.45, 2.75) is 19.9 Å². The van der Waals surface area contributed by atoms with Crippen LogP contribution in [0.3, 0.4) is 0 Å². The zero-order valence-electron chi connectivity index (χ0n) is 11.0. The van der Waals surface area contributed by atoms with Gasteiger partial charge in [0.2, 0.25) is 5.91 Å². The Balaban J connectivity index is 2.42. The molecule has 2 aromatic rings. The zero-order chi connectivity index (χ0) is 14.7. The van der Waals surface area contributed by atoms with Crippen LogP contribution in [0, 0.1) is 0 Å². The van der Waals surface area contributed by atoms with Gasteiger partial charge in [-0.05, 0) is 18.6 Å². The van der Waals surface area contributed by atoms with Gasteiger partial charge in [-0.25, -0.2) is 9.97 Å². The van der Waals surface area contributed by atoms with Crippen molar-refractivity contribution in [3.05, 3.63) is 46.3 Å². The molecule has 0 radical (unpaired) electrons. The number of nitrogens with zero attached hydrogens (tertiary/aromatic N) is 2. The number of halogens is 2. The molecule has 1 aromatic carbocycles. The minimum absolute atomic E-state index is 0.121. The van der Waals surface area contributed by atoms with Crippen LogP contribution in [0.1, 0.15) is 25.5 Å². The molecule has 0 aliphatic heterocycles. The summed E-state index contributed by atoms with van der Waals surface area (Å²) in [7, 11) is 0. The zero-order valence-corrected chi connectivity index (χ0v) is 12.5. The average Bonchev–Trinajstić information content (AvgIpc) is 2.42. The highest BCUT2D eigenvalue weighted by molar-refractivity contribution is 6.44. The second-order valence-corrected chi connectivity index (χ2v) is 5.10. The van der Waals surface area contributed by atoms with Crippen molar-refractivity contribution in [1.29, 1.82) is 0 Å². The second kappa shape index (κ2) is 6.20. The van der Waals surface area contributed by atoms with Crippen LogP contribution < -0.4 is 5.32 Å². The lowest BCUT2D eigenvalue weighted by atomic mass is 10.0. The minimum Gasteiger partial charge on any atom is -0.350 e. The van der Waals surface area contributed by atoms with Gasteiger partial charge in [0.1, 0.15) is 6.33 Å². The summed E-state index contributed by atoms with van der Waals surface area (Å²) in [4.78, 5) is 19.1. The fourth-order valence-corrected chi connectivity index (χ4v) is 2.53. The Labute approximate surface area is 127 Å². The molecule has 1 heterocycles. The molecule has 0 aliphatic carbocycles. The Morgan fingerprint density at radius 1 is 1.25 bits per heavy atom. The molecule has 1 N–H and O–H groups in total. The van der Waals surface area contributed by atoms with Gasteiger partial charge in [0.05, 0.1) is 21.8 Å². The van der Waals surface area contributed by atoms with Gasteiger partial charge in [-0.15, -0.1) is 0 Å². The van der Waals surface area contributed by atoms with Crippen molar-refractivity contribution in [2.24, 2.45) is 0 Å². The van der Waals surface area contributed by atoms with E-state index in [2.05, 4.69) is 15.3 Å². The van der Waals surface area contributed by atoms with E-state index in [0.717, 1.165) is 11.1 Å². The SMILES string of the molecule is CC(=O)NC(C)c1ccc(-c2ccncn2)c(Cl)c1Cl. The Hall–Kier alpha value is -1.65. The van der Waals surface area contributed by atoms with Crippen molar-refractivity contribution in [3.8, 4) is 11.3 Å². The van der Waals surface area contributed by atoms with Gasteiger partial charge in [0, 0.05) is 18.7 Å². The lowest BCUT2D eigenvalue weighted by Gasteiger charge is -2.16. The molecule has 0 fully saturated rings. The number of nitrogens with one attached hydrogen (secondary N) is 1. The van der Waals surface area contributed by atoms with E-state index in [9.17, 15) is 4.79 Å². The summed E-state index contributed by atoms with van der Waals surface area (Å²) in [5, 5.41) is 3.62. The number of carbonyl (C=O) groups is 1. The first-order chi connectivity index (χ1) is 9.50. The van der Waals surface area contributed by atoms with E-state index in [0.29, 0.717) is 15.7 Å². The molecule has 4 nitrogen and oxygen atoms in total. The lowest BCUT2D eigenvalue weighted by molar-refractivity contribution is -0.119. The van der Waals surface area contributed by atoms with Crippen LogP contribution in [0.2, 0.25) is 10.0 Å². The van der Waals surface area contributed by atoms with Crippen LogP contribution in [0.4, 0.5) is 0 Å². The van der Waals surface area contributed by atoms with Gasteiger partial charge in [0.25, 0.3) is 0 Å². The van der Waals surface area contributed by atoms with Crippen LogP contribution in [-0.4, -0.2) is 15.9 Å². The summed E-state index contributed by atoms with van der Waals surface area (Å²) < 4.78 is 0. The van der Waals surface area contributed by atoms with Crippen LogP contribution >= 0.6 is 23.2 Å². The summed E-state index contributed by atoms with van der Waals surface area (Å²) in [6.07, 6.45) is 3.09. The number of amides is 1. The van der Waals surface area contributed by atoms with E-state index >= 15 is 0 Å². The van der Waals surface area contributed by atoms with Gasteiger partial charge in [-0.1, -0.05) is 35.3 Å². The highest BCUT2D eigenvalue weighted by atomic mass is 35.5. The molecule has 1 aromatic heterocycles. The third kappa shape index (κ3) is 3.08. The maximum absolute atomic E-state index is 11.1. The van der Waals surface area contributed by atoms with Crippen molar-refractivity contribution in [2.75, 3.05) is 0 Å². The molecule has 2 rings (SSSR count). The summed E-state index contributed by atoms with van der Waals surface area (Å²) in [6.45, 7) is 3.31. The van der Waals surface area contributed by atoms with Gasteiger partial charge in [0.15, 0.2) is 0 Å². The predicted molar refractivity (Wildman–Crippen MR) is 79.7 cm³/mol. The Kier molecular flexibility index (Phi) is 4.57. The van der Waals surface area contributed by atoms with Crippen LogP contribution in [0.5, 0.6) is 0 Å². The Bertz CT molecular complexity index is 632. The minimum atomic E-state index is -0.211. The molecule has 20 heavy (non-hydrogen) atoms. The Morgan fingerprint density at radius 3 is 2.60 bits per heavy atom. The van der Waals surface area contributed by atoms with Crippen LogP contribution in [0.25, 0.3) is 11.3 Å². The molecule has 0 saturated carbocycles. The van der Waals surface area contributed by atoms with E-state index in [-0.39, 0.29) is 11.9 Å². The lowest BCUT2D eigenvalue weighted by Crippen LogP contribution is -2.23. The van der Waals surface area contributed by atoms with Gasteiger partial charge >= 0.3 is 0 Å². The number of hydrogen-bond acceptors (Lipinski definition) is 3. The fourth-order valence-electron chi connectivity index (χ4n) is 1.93. The Morgan fingerprint density at radius 2 is 2.00 bits per heavy atom. The molecule has 1 atom stereocenters. The first kappa shape index (κ1) is 14.8. The molecular weight excluding hydrogens is 297 g/mol. The first-order valence-corrected chi connectivity index (χ1v) is 6.77. The average molecular weight is 310 g/mol. The smallest absolute Gasteiger partial charge is 0.217 e. The van der Waals surface area contributed by atoms with Crippen molar-refractivity contribution >= 4 is 29.1 Å². The third-order valence-corrected chi connectivity index (χ3v) is 3.75.